The molecule has 0 bridgehead atoms. The maximum absolute atomic E-state index is 12.3. The van der Waals surface area contributed by atoms with Gasteiger partial charge in [-0.3, -0.25) is 9.59 Å². The van der Waals surface area contributed by atoms with Crippen LogP contribution in [0.2, 0.25) is 0 Å². The minimum Gasteiger partial charge on any atom is -0.481 e. The molecule has 0 radical (unpaired) electrons. The van der Waals surface area contributed by atoms with Gasteiger partial charge in [-0.15, -0.1) is 5.10 Å². The molecule has 2 rings (SSSR count). The number of aliphatic carboxylic acids is 1. The van der Waals surface area contributed by atoms with E-state index in [0.717, 1.165) is 0 Å². The molecule has 1 unspecified atom stereocenters. The summed E-state index contributed by atoms with van der Waals surface area (Å²) in [7, 11) is 0. The maximum Gasteiger partial charge on any atom is 0.387 e. The molecule has 8 nitrogen and oxygen atoms in total. The van der Waals surface area contributed by atoms with Crippen molar-refractivity contribution >= 4 is 11.9 Å². The Bertz CT molecular complexity index is 793. The van der Waals surface area contributed by atoms with Crippen LogP contribution < -0.4 is 10.1 Å². The Morgan fingerprint density at radius 2 is 1.96 bits per heavy atom. The molecule has 0 fully saturated rings. The number of benzene rings is 1. The van der Waals surface area contributed by atoms with Crippen molar-refractivity contribution in [1.29, 1.82) is 0 Å². The number of alkyl halides is 2. The fraction of sp³-hybridized carbons (Fsp3) is 0.412. The molecule has 146 valence electrons. The van der Waals surface area contributed by atoms with Crippen LogP contribution in [0, 0.1) is 12.8 Å². The zero-order chi connectivity index (χ0) is 20.0. The van der Waals surface area contributed by atoms with Crippen LogP contribution in [0.1, 0.15) is 35.9 Å². The summed E-state index contributed by atoms with van der Waals surface area (Å²) in [6.07, 6.45) is 1.14. The van der Waals surface area contributed by atoms with Gasteiger partial charge in [0.05, 0.1) is 17.3 Å². The van der Waals surface area contributed by atoms with E-state index < -0.39 is 24.4 Å². The third-order valence-electron chi connectivity index (χ3n) is 3.91. The highest BCUT2D eigenvalue weighted by atomic mass is 19.3. The van der Waals surface area contributed by atoms with Crippen molar-refractivity contribution in [2.75, 3.05) is 6.54 Å². The second-order valence-corrected chi connectivity index (χ2v) is 5.84. The number of carboxylic acid groups (broad SMARTS) is 1. The number of halogens is 2. The molecular weight excluding hydrogens is 362 g/mol. The molecule has 2 N–H and O–H groups in total. The number of nitrogens with one attached hydrogen (secondary N) is 1. The van der Waals surface area contributed by atoms with Gasteiger partial charge in [0.1, 0.15) is 5.75 Å². The molecule has 1 heterocycles. The van der Waals surface area contributed by atoms with Crippen LogP contribution in [0.5, 0.6) is 5.75 Å². The monoisotopic (exact) mass is 382 g/mol. The normalized spacial score (nSPS) is 12.0. The number of amides is 1. The fourth-order valence-corrected chi connectivity index (χ4v) is 2.51. The second kappa shape index (κ2) is 9.06. The highest BCUT2D eigenvalue weighted by molar-refractivity contribution is 5.93. The number of carbonyl (C=O) groups is 2. The summed E-state index contributed by atoms with van der Waals surface area (Å²) in [4.78, 5) is 23.4. The van der Waals surface area contributed by atoms with Gasteiger partial charge in [-0.05, 0) is 37.6 Å². The first kappa shape index (κ1) is 20.3. The average molecular weight is 382 g/mol. The van der Waals surface area contributed by atoms with Crippen molar-refractivity contribution < 1.29 is 28.2 Å². The summed E-state index contributed by atoms with van der Waals surface area (Å²) < 4.78 is 30.1. The van der Waals surface area contributed by atoms with Crippen molar-refractivity contribution in [3.63, 3.8) is 0 Å². The number of carboxylic acids is 1. The first-order valence-corrected chi connectivity index (χ1v) is 8.32. The number of rotatable bonds is 9. The zero-order valence-corrected chi connectivity index (χ0v) is 14.9. The minimum atomic E-state index is -2.92. The molecule has 0 saturated heterocycles. The number of nitrogens with zero attached hydrogens (tertiary/aromatic N) is 3. The molecule has 1 amide bonds. The molecule has 0 spiro atoms. The van der Waals surface area contributed by atoms with Gasteiger partial charge in [-0.1, -0.05) is 18.6 Å². The van der Waals surface area contributed by atoms with Gasteiger partial charge in [-0.2, -0.15) is 8.78 Å². The summed E-state index contributed by atoms with van der Waals surface area (Å²) in [5.74, 6) is -2.17. The second-order valence-electron chi connectivity index (χ2n) is 5.84. The van der Waals surface area contributed by atoms with Crippen LogP contribution in [0.25, 0.3) is 5.69 Å². The fourth-order valence-electron chi connectivity index (χ4n) is 2.51. The molecule has 0 aliphatic carbocycles. The van der Waals surface area contributed by atoms with Crippen molar-refractivity contribution in [2.24, 2.45) is 5.92 Å². The molecule has 1 atom stereocenters. The molecule has 2 aromatic rings. The first-order valence-electron chi connectivity index (χ1n) is 8.32. The molecule has 0 saturated carbocycles. The lowest BCUT2D eigenvalue weighted by atomic mass is 10.0. The minimum absolute atomic E-state index is 0.000112. The van der Waals surface area contributed by atoms with E-state index in [2.05, 4.69) is 20.4 Å². The number of carbonyl (C=O) groups excluding carboxylic acids is 1. The molecule has 0 aliphatic heterocycles. The maximum atomic E-state index is 12.3. The Labute approximate surface area is 154 Å². The Kier molecular flexibility index (Phi) is 6.80. The van der Waals surface area contributed by atoms with Crippen molar-refractivity contribution in [3.8, 4) is 11.4 Å². The van der Waals surface area contributed by atoms with Gasteiger partial charge in [-0.25, -0.2) is 4.68 Å². The Morgan fingerprint density at radius 1 is 1.30 bits per heavy atom. The topological polar surface area (TPSA) is 106 Å². The van der Waals surface area contributed by atoms with Gasteiger partial charge in [0.2, 0.25) is 0 Å². The molecular formula is C17H20F2N4O4. The quantitative estimate of drug-likeness (QED) is 0.690. The van der Waals surface area contributed by atoms with E-state index in [1.54, 1.807) is 6.92 Å². The lowest BCUT2D eigenvalue weighted by Crippen LogP contribution is -2.33. The van der Waals surface area contributed by atoms with Crippen molar-refractivity contribution in [3.05, 3.63) is 35.7 Å². The molecule has 10 heteroatoms. The summed E-state index contributed by atoms with van der Waals surface area (Å²) in [6.45, 7) is 0.569. The summed E-state index contributed by atoms with van der Waals surface area (Å²) >= 11 is 0. The van der Waals surface area contributed by atoms with E-state index in [1.807, 2.05) is 6.92 Å². The third kappa shape index (κ3) is 5.22. The number of hydrogen-bond acceptors (Lipinski definition) is 5. The van der Waals surface area contributed by atoms with E-state index in [4.69, 9.17) is 5.11 Å². The van der Waals surface area contributed by atoms with Gasteiger partial charge >= 0.3 is 12.6 Å². The van der Waals surface area contributed by atoms with E-state index in [1.165, 1.54) is 28.9 Å². The number of ether oxygens (including phenoxy) is 1. The van der Waals surface area contributed by atoms with Crippen LogP contribution in [-0.2, 0) is 4.79 Å². The summed E-state index contributed by atoms with van der Waals surface area (Å²) in [6, 6.07) is 5.71. The standard InChI is InChI=1S/C17H20F2N4O4/c1-3-4-11(16(25)26)9-20-15(24)14-10(2)23(22-21-14)12-5-7-13(8-6-12)27-17(18)19/h5-8,11,17H,3-4,9H2,1-2H3,(H,20,24)(H,25,26). The average Bonchev–Trinajstić information content (AvgIpc) is 3.00. The van der Waals surface area contributed by atoms with E-state index in [9.17, 15) is 18.4 Å². The molecule has 27 heavy (non-hydrogen) atoms. The van der Waals surface area contributed by atoms with Crippen LogP contribution in [0.15, 0.2) is 24.3 Å². The van der Waals surface area contributed by atoms with Crippen LogP contribution in [0.3, 0.4) is 0 Å². The van der Waals surface area contributed by atoms with E-state index in [0.29, 0.717) is 24.2 Å². The van der Waals surface area contributed by atoms with Gasteiger partial charge < -0.3 is 15.2 Å². The SMILES string of the molecule is CCCC(CNC(=O)c1nnn(-c2ccc(OC(F)F)cc2)c1C)C(=O)O. The van der Waals surface area contributed by atoms with Crippen LogP contribution in [-0.4, -0.2) is 45.1 Å². The highest BCUT2D eigenvalue weighted by Gasteiger charge is 2.21. The largest absolute Gasteiger partial charge is 0.481 e. The lowest BCUT2D eigenvalue weighted by molar-refractivity contribution is -0.141. The van der Waals surface area contributed by atoms with Gasteiger partial charge in [0.25, 0.3) is 5.91 Å². The van der Waals surface area contributed by atoms with Crippen molar-refractivity contribution in [2.45, 2.75) is 33.3 Å². The predicted octanol–water partition coefficient (Wildman–Crippen LogP) is 2.41. The Morgan fingerprint density at radius 3 is 2.52 bits per heavy atom. The van der Waals surface area contributed by atoms with Gasteiger partial charge in [0.15, 0.2) is 5.69 Å². The summed E-state index contributed by atoms with van der Waals surface area (Å²) in [5.41, 5.74) is 0.996. The highest BCUT2D eigenvalue weighted by Crippen LogP contribution is 2.18. The molecule has 1 aromatic carbocycles. The number of hydrogen-bond donors (Lipinski definition) is 2. The summed E-state index contributed by atoms with van der Waals surface area (Å²) in [5, 5.41) is 19.4. The molecule has 1 aromatic heterocycles. The number of aromatic nitrogens is 3. The van der Waals surface area contributed by atoms with E-state index >= 15 is 0 Å². The van der Waals surface area contributed by atoms with E-state index in [-0.39, 0.29) is 18.0 Å². The zero-order valence-electron chi connectivity index (χ0n) is 14.9. The lowest BCUT2D eigenvalue weighted by Gasteiger charge is -2.11. The Balaban J connectivity index is 2.09. The van der Waals surface area contributed by atoms with Crippen molar-refractivity contribution in [1.82, 2.24) is 20.3 Å². The third-order valence-corrected chi connectivity index (χ3v) is 3.91. The van der Waals surface area contributed by atoms with Crippen LogP contribution in [0.4, 0.5) is 8.78 Å². The predicted molar refractivity (Wildman–Crippen MR) is 91.1 cm³/mol. The first-order chi connectivity index (χ1) is 12.8. The smallest absolute Gasteiger partial charge is 0.387 e. The molecule has 0 aliphatic rings. The Hall–Kier alpha value is -3.04. The van der Waals surface area contributed by atoms with Crippen LogP contribution >= 0.6 is 0 Å². The van der Waals surface area contributed by atoms with Gasteiger partial charge in [0, 0.05) is 6.54 Å².